The normalized spacial score (nSPS) is 10.4. The number of likely N-dealkylation sites (N-methyl/N-ethyl adjacent to an activating group) is 1. The summed E-state index contributed by atoms with van der Waals surface area (Å²) in [5, 5.41) is 2.04. The molecule has 1 aromatic heterocycles. The van der Waals surface area contributed by atoms with E-state index < -0.39 is 0 Å². The van der Waals surface area contributed by atoms with Gasteiger partial charge in [0.25, 0.3) is 0 Å². The number of ether oxygens (including phenoxy) is 1. The van der Waals surface area contributed by atoms with E-state index in [1.807, 2.05) is 49.7 Å². The molecule has 3 nitrogen and oxygen atoms in total. The van der Waals surface area contributed by atoms with Gasteiger partial charge in [-0.05, 0) is 36.4 Å². The van der Waals surface area contributed by atoms with E-state index in [2.05, 4.69) is 6.07 Å². The highest BCUT2D eigenvalue weighted by Crippen LogP contribution is 2.16. The third-order valence-electron chi connectivity index (χ3n) is 3.37. The zero-order valence-corrected chi connectivity index (χ0v) is 13.4. The second kappa shape index (κ2) is 7.84. The number of para-hydroxylation sites is 1. The van der Waals surface area contributed by atoms with Crippen LogP contribution in [-0.4, -0.2) is 31.0 Å². The summed E-state index contributed by atoms with van der Waals surface area (Å²) in [5.41, 5.74) is 1.11. The van der Waals surface area contributed by atoms with E-state index >= 15 is 0 Å². The number of nitrogens with zero attached hydrogens (tertiary/aromatic N) is 1. The first-order valence-corrected chi connectivity index (χ1v) is 7.99. The van der Waals surface area contributed by atoms with Crippen LogP contribution in [0.1, 0.15) is 16.9 Å². The maximum Gasteiger partial charge on any atom is 0.222 e. The molecule has 4 heteroatoms. The zero-order chi connectivity index (χ0) is 15.1. The maximum absolute atomic E-state index is 12.0. The molecule has 0 saturated heterocycles. The number of hydrogen-bond acceptors (Lipinski definition) is 3. The minimum absolute atomic E-state index is 0.164. The Balaban J connectivity index is 1.70. The van der Waals surface area contributed by atoms with Crippen molar-refractivity contribution in [2.45, 2.75) is 19.8 Å². The molecule has 0 bridgehead atoms. The molecule has 0 aliphatic heterocycles. The summed E-state index contributed by atoms with van der Waals surface area (Å²) in [6.07, 6.45) is 1.38. The van der Waals surface area contributed by atoms with Crippen LogP contribution in [-0.2, 0) is 11.2 Å². The highest BCUT2D eigenvalue weighted by Gasteiger charge is 2.09. The number of benzene rings is 1. The molecular formula is C17H21NO2S. The van der Waals surface area contributed by atoms with Crippen molar-refractivity contribution < 1.29 is 9.53 Å². The van der Waals surface area contributed by atoms with Crippen LogP contribution >= 0.6 is 11.3 Å². The third-order valence-corrected chi connectivity index (χ3v) is 4.31. The molecule has 2 aromatic rings. The first-order valence-electron chi connectivity index (χ1n) is 7.11. The molecule has 0 spiro atoms. The summed E-state index contributed by atoms with van der Waals surface area (Å²) in [6.45, 7) is 3.15. The number of amides is 1. The maximum atomic E-state index is 12.0. The molecule has 1 aromatic carbocycles. The molecule has 0 saturated carbocycles. The Labute approximate surface area is 130 Å². The third kappa shape index (κ3) is 4.90. The first kappa shape index (κ1) is 15.6. The summed E-state index contributed by atoms with van der Waals surface area (Å²) in [5.74, 6) is 1.05. The molecular weight excluding hydrogens is 282 g/mol. The van der Waals surface area contributed by atoms with E-state index in [-0.39, 0.29) is 5.91 Å². The lowest BCUT2D eigenvalue weighted by atomic mass is 10.2. The van der Waals surface area contributed by atoms with Crippen molar-refractivity contribution in [3.05, 3.63) is 52.2 Å². The average Bonchev–Trinajstić information content (AvgIpc) is 3.00. The molecule has 21 heavy (non-hydrogen) atoms. The highest BCUT2D eigenvalue weighted by molar-refractivity contribution is 7.09. The number of hydrogen-bond donors (Lipinski definition) is 0. The Morgan fingerprint density at radius 1 is 1.24 bits per heavy atom. The second-order valence-electron chi connectivity index (χ2n) is 5.01. The monoisotopic (exact) mass is 303 g/mol. The van der Waals surface area contributed by atoms with Crippen LogP contribution in [0.4, 0.5) is 0 Å². The molecule has 0 atom stereocenters. The summed E-state index contributed by atoms with van der Waals surface area (Å²) < 4.78 is 5.72. The van der Waals surface area contributed by atoms with Gasteiger partial charge in [0, 0.05) is 18.3 Å². The van der Waals surface area contributed by atoms with Crippen LogP contribution in [0.25, 0.3) is 0 Å². The summed E-state index contributed by atoms with van der Waals surface area (Å²) in [4.78, 5) is 15.0. The van der Waals surface area contributed by atoms with E-state index in [0.29, 0.717) is 19.6 Å². The second-order valence-corrected chi connectivity index (χ2v) is 6.04. The molecule has 0 aliphatic carbocycles. The van der Waals surface area contributed by atoms with E-state index in [9.17, 15) is 4.79 Å². The van der Waals surface area contributed by atoms with Gasteiger partial charge < -0.3 is 9.64 Å². The predicted octanol–water partition coefficient (Wildman–Crippen LogP) is 3.53. The number of aryl methyl sites for hydroxylation is 2. The smallest absolute Gasteiger partial charge is 0.222 e. The zero-order valence-electron chi connectivity index (χ0n) is 12.5. The Morgan fingerprint density at radius 2 is 2.05 bits per heavy atom. The van der Waals surface area contributed by atoms with Gasteiger partial charge in [-0.3, -0.25) is 4.79 Å². The van der Waals surface area contributed by atoms with Crippen molar-refractivity contribution in [3.8, 4) is 5.75 Å². The molecule has 0 unspecified atom stereocenters. The van der Waals surface area contributed by atoms with Crippen molar-refractivity contribution in [2.24, 2.45) is 0 Å². The predicted molar refractivity (Wildman–Crippen MR) is 87.0 cm³/mol. The van der Waals surface area contributed by atoms with E-state index in [0.717, 1.165) is 17.7 Å². The van der Waals surface area contributed by atoms with Crippen LogP contribution in [0.2, 0.25) is 0 Å². The van der Waals surface area contributed by atoms with Gasteiger partial charge in [-0.2, -0.15) is 0 Å². The number of thiophene rings is 1. The van der Waals surface area contributed by atoms with Crippen LogP contribution < -0.4 is 4.74 Å². The minimum atomic E-state index is 0.164. The van der Waals surface area contributed by atoms with Crippen molar-refractivity contribution in [1.82, 2.24) is 4.90 Å². The van der Waals surface area contributed by atoms with Crippen molar-refractivity contribution in [3.63, 3.8) is 0 Å². The van der Waals surface area contributed by atoms with E-state index in [4.69, 9.17) is 4.74 Å². The molecule has 0 fully saturated rings. The lowest BCUT2D eigenvalue weighted by Crippen LogP contribution is -2.31. The molecule has 1 amide bonds. The van der Waals surface area contributed by atoms with Gasteiger partial charge in [-0.15, -0.1) is 11.3 Å². The van der Waals surface area contributed by atoms with E-state index in [1.165, 1.54) is 4.88 Å². The van der Waals surface area contributed by atoms with Gasteiger partial charge in [0.05, 0.1) is 6.54 Å². The van der Waals surface area contributed by atoms with Crippen LogP contribution in [0, 0.1) is 6.92 Å². The van der Waals surface area contributed by atoms with Gasteiger partial charge in [0.1, 0.15) is 12.4 Å². The lowest BCUT2D eigenvalue weighted by Gasteiger charge is -2.18. The van der Waals surface area contributed by atoms with Gasteiger partial charge in [0.2, 0.25) is 5.91 Å². The molecule has 0 radical (unpaired) electrons. The molecule has 112 valence electrons. The molecule has 2 rings (SSSR count). The largest absolute Gasteiger partial charge is 0.491 e. The molecule has 1 heterocycles. The van der Waals surface area contributed by atoms with Gasteiger partial charge in [-0.25, -0.2) is 0 Å². The van der Waals surface area contributed by atoms with E-state index in [1.54, 1.807) is 16.2 Å². The summed E-state index contributed by atoms with van der Waals surface area (Å²) in [6, 6.07) is 12.0. The average molecular weight is 303 g/mol. The van der Waals surface area contributed by atoms with Crippen LogP contribution in [0.15, 0.2) is 41.8 Å². The van der Waals surface area contributed by atoms with Gasteiger partial charge >= 0.3 is 0 Å². The first-order chi connectivity index (χ1) is 10.2. The van der Waals surface area contributed by atoms with Crippen molar-refractivity contribution >= 4 is 17.2 Å². The Morgan fingerprint density at radius 3 is 2.76 bits per heavy atom. The highest BCUT2D eigenvalue weighted by atomic mass is 32.1. The quantitative estimate of drug-likeness (QED) is 0.783. The van der Waals surface area contributed by atoms with Gasteiger partial charge in [-0.1, -0.05) is 24.3 Å². The Kier molecular flexibility index (Phi) is 5.81. The lowest BCUT2D eigenvalue weighted by molar-refractivity contribution is -0.130. The molecule has 0 aliphatic rings. The van der Waals surface area contributed by atoms with Crippen LogP contribution in [0.5, 0.6) is 5.75 Å². The fourth-order valence-electron chi connectivity index (χ4n) is 2.01. The van der Waals surface area contributed by atoms with Crippen LogP contribution in [0.3, 0.4) is 0 Å². The summed E-state index contributed by atoms with van der Waals surface area (Å²) in [7, 11) is 1.83. The van der Waals surface area contributed by atoms with Crippen molar-refractivity contribution in [2.75, 3.05) is 20.2 Å². The van der Waals surface area contributed by atoms with Crippen molar-refractivity contribution in [1.29, 1.82) is 0 Å². The molecule has 0 N–H and O–H groups in total. The number of rotatable bonds is 7. The topological polar surface area (TPSA) is 29.5 Å². The minimum Gasteiger partial charge on any atom is -0.491 e. The Hall–Kier alpha value is -1.81. The number of carbonyl (C=O) groups is 1. The SMILES string of the molecule is Cc1ccccc1OCCN(C)C(=O)CCc1cccs1. The number of carbonyl (C=O) groups excluding carboxylic acids is 1. The summed E-state index contributed by atoms with van der Waals surface area (Å²) >= 11 is 1.70. The fourth-order valence-corrected chi connectivity index (χ4v) is 2.72. The standard InChI is InChI=1S/C17H21NO2S/c1-14-6-3-4-8-16(14)20-12-11-18(2)17(19)10-9-15-7-5-13-21-15/h3-8,13H,9-12H2,1-2H3. The fraction of sp³-hybridized carbons (Fsp3) is 0.353. The Bertz CT molecular complexity index is 566. The van der Waals surface area contributed by atoms with Gasteiger partial charge in [0.15, 0.2) is 0 Å².